The molecule has 1 aromatic rings. The zero-order chi connectivity index (χ0) is 9.97. The lowest BCUT2D eigenvalue weighted by Crippen LogP contribution is -2.19. The molecule has 0 amide bonds. The Kier molecular flexibility index (Phi) is 2.18. The van der Waals surface area contributed by atoms with Crippen molar-refractivity contribution in [3.63, 3.8) is 0 Å². The molecule has 0 saturated carbocycles. The fraction of sp³-hybridized carbons (Fsp3) is 0.200. The minimum absolute atomic E-state index is 0.333. The van der Waals surface area contributed by atoms with E-state index in [4.69, 9.17) is 9.94 Å². The van der Waals surface area contributed by atoms with E-state index in [9.17, 15) is 4.79 Å². The maximum atomic E-state index is 10.6. The van der Waals surface area contributed by atoms with Crippen molar-refractivity contribution in [2.75, 3.05) is 0 Å². The van der Waals surface area contributed by atoms with E-state index in [1.807, 2.05) is 30.3 Å². The van der Waals surface area contributed by atoms with Gasteiger partial charge in [0.2, 0.25) is 6.10 Å². The van der Waals surface area contributed by atoms with E-state index < -0.39 is 12.1 Å². The molecule has 2 rings (SSSR count). The Balaban J connectivity index is 2.13. The van der Waals surface area contributed by atoms with Crippen LogP contribution in [0.1, 0.15) is 12.0 Å². The molecule has 1 atom stereocenters. The van der Waals surface area contributed by atoms with Crippen LogP contribution in [-0.4, -0.2) is 22.9 Å². The van der Waals surface area contributed by atoms with Crippen LogP contribution >= 0.6 is 0 Å². The number of carboxylic acids is 1. The zero-order valence-corrected chi connectivity index (χ0v) is 7.38. The van der Waals surface area contributed by atoms with Crippen LogP contribution in [0, 0.1) is 0 Å². The third-order valence-electron chi connectivity index (χ3n) is 2.05. The van der Waals surface area contributed by atoms with Gasteiger partial charge in [0, 0.05) is 6.42 Å². The maximum absolute atomic E-state index is 10.6. The Morgan fingerprint density at radius 2 is 2.14 bits per heavy atom. The van der Waals surface area contributed by atoms with Crippen LogP contribution in [0.15, 0.2) is 35.5 Å². The second-order valence-electron chi connectivity index (χ2n) is 3.04. The van der Waals surface area contributed by atoms with Gasteiger partial charge in [-0.05, 0) is 5.56 Å². The number of aliphatic carboxylic acids is 1. The molecule has 0 fully saturated rings. The molecular weight excluding hydrogens is 182 g/mol. The second kappa shape index (κ2) is 3.49. The summed E-state index contributed by atoms with van der Waals surface area (Å²) in [4.78, 5) is 15.3. The molecule has 1 N–H and O–H groups in total. The second-order valence-corrected chi connectivity index (χ2v) is 3.04. The monoisotopic (exact) mass is 191 g/mol. The smallest absolute Gasteiger partial charge is 0.348 e. The summed E-state index contributed by atoms with van der Waals surface area (Å²) in [5.74, 6) is -0.973. The summed E-state index contributed by atoms with van der Waals surface area (Å²) >= 11 is 0. The van der Waals surface area contributed by atoms with Crippen LogP contribution in [0.3, 0.4) is 0 Å². The summed E-state index contributed by atoms with van der Waals surface area (Å²) < 4.78 is 0. The van der Waals surface area contributed by atoms with Crippen LogP contribution in [0.2, 0.25) is 0 Å². The van der Waals surface area contributed by atoms with Crippen molar-refractivity contribution in [3.05, 3.63) is 35.9 Å². The maximum Gasteiger partial charge on any atom is 0.348 e. The van der Waals surface area contributed by atoms with Gasteiger partial charge in [-0.2, -0.15) is 0 Å². The molecule has 72 valence electrons. The van der Waals surface area contributed by atoms with Crippen LogP contribution in [0.25, 0.3) is 0 Å². The Bertz CT molecular complexity index is 372. The first kappa shape index (κ1) is 8.74. The van der Waals surface area contributed by atoms with Crippen molar-refractivity contribution in [1.29, 1.82) is 0 Å². The minimum Gasteiger partial charge on any atom is -0.478 e. The van der Waals surface area contributed by atoms with Gasteiger partial charge in [-0.25, -0.2) is 4.79 Å². The van der Waals surface area contributed by atoms with Crippen molar-refractivity contribution in [1.82, 2.24) is 0 Å². The summed E-state index contributed by atoms with van der Waals surface area (Å²) in [6.07, 6.45) is -0.496. The lowest BCUT2D eigenvalue weighted by Gasteiger charge is -1.99. The van der Waals surface area contributed by atoms with Crippen molar-refractivity contribution in [2.24, 2.45) is 5.16 Å². The van der Waals surface area contributed by atoms with E-state index in [-0.39, 0.29) is 0 Å². The molecule has 4 nitrogen and oxygen atoms in total. The average molecular weight is 191 g/mol. The van der Waals surface area contributed by atoms with E-state index in [0.29, 0.717) is 12.1 Å². The third-order valence-corrected chi connectivity index (χ3v) is 2.05. The highest BCUT2D eigenvalue weighted by Crippen LogP contribution is 2.16. The van der Waals surface area contributed by atoms with Gasteiger partial charge < -0.3 is 9.94 Å². The van der Waals surface area contributed by atoms with E-state index in [2.05, 4.69) is 5.16 Å². The van der Waals surface area contributed by atoms with Crippen LogP contribution in [0.5, 0.6) is 0 Å². The third kappa shape index (κ3) is 1.59. The van der Waals surface area contributed by atoms with Crippen molar-refractivity contribution >= 4 is 11.7 Å². The number of carbonyl (C=O) groups is 1. The fourth-order valence-electron chi connectivity index (χ4n) is 1.31. The number of benzene rings is 1. The number of hydrogen-bond acceptors (Lipinski definition) is 3. The van der Waals surface area contributed by atoms with Crippen LogP contribution in [0.4, 0.5) is 0 Å². The number of oxime groups is 1. The Labute approximate surface area is 80.8 Å². The molecule has 1 aromatic carbocycles. The van der Waals surface area contributed by atoms with Crippen LogP contribution < -0.4 is 0 Å². The molecule has 0 spiro atoms. The van der Waals surface area contributed by atoms with Crippen LogP contribution in [-0.2, 0) is 9.63 Å². The molecule has 0 radical (unpaired) electrons. The molecule has 0 bridgehead atoms. The molecule has 0 aliphatic carbocycles. The lowest BCUT2D eigenvalue weighted by molar-refractivity contribution is -0.148. The Morgan fingerprint density at radius 1 is 1.43 bits per heavy atom. The summed E-state index contributed by atoms with van der Waals surface area (Å²) in [6, 6.07) is 9.42. The molecule has 14 heavy (non-hydrogen) atoms. The molecule has 0 unspecified atom stereocenters. The number of rotatable bonds is 2. The zero-order valence-electron chi connectivity index (χ0n) is 7.38. The van der Waals surface area contributed by atoms with Gasteiger partial charge in [-0.15, -0.1) is 0 Å². The van der Waals surface area contributed by atoms with Crippen molar-refractivity contribution < 1.29 is 14.7 Å². The molecule has 1 heterocycles. The average Bonchev–Trinajstić information content (AvgIpc) is 2.68. The van der Waals surface area contributed by atoms with Gasteiger partial charge in [-0.1, -0.05) is 35.5 Å². The first-order valence-electron chi connectivity index (χ1n) is 4.28. The first-order chi connectivity index (χ1) is 6.77. The Morgan fingerprint density at radius 3 is 2.71 bits per heavy atom. The number of nitrogens with zero attached hydrogens (tertiary/aromatic N) is 1. The SMILES string of the molecule is O=C(O)[C@H]1CC(c2ccccc2)=NO1. The van der Waals surface area contributed by atoms with E-state index in [0.717, 1.165) is 5.56 Å². The van der Waals surface area contributed by atoms with Crippen molar-refractivity contribution in [2.45, 2.75) is 12.5 Å². The number of carboxylic acid groups (broad SMARTS) is 1. The highest BCUT2D eigenvalue weighted by atomic mass is 16.7. The highest BCUT2D eigenvalue weighted by Gasteiger charge is 2.27. The highest BCUT2D eigenvalue weighted by molar-refractivity contribution is 6.03. The summed E-state index contributed by atoms with van der Waals surface area (Å²) in [5, 5.41) is 12.4. The largest absolute Gasteiger partial charge is 0.478 e. The fourth-order valence-corrected chi connectivity index (χ4v) is 1.31. The molecule has 4 heteroatoms. The topological polar surface area (TPSA) is 58.9 Å². The van der Waals surface area contributed by atoms with Gasteiger partial charge in [-0.3, -0.25) is 0 Å². The first-order valence-corrected chi connectivity index (χ1v) is 4.28. The normalized spacial score (nSPS) is 20.0. The van der Waals surface area contributed by atoms with Gasteiger partial charge in [0.05, 0.1) is 5.71 Å². The summed E-state index contributed by atoms with van der Waals surface area (Å²) in [6.45, 7) is 0. The lowest BCUT2D eigenvalue weighted by atomic mass is 10.1. The van der Waals surface area contributed by atoms with E-state index in [1.165, 1.54) is 0 Å². The molecule has 0 aromatic heterocycles. The van der Waals surface area contributed by atoms with Crippen molar-refractivity contribution in [3.8, 4) is 0 Å². The van der Waals surface area contributed by atoms with E-state index in [1.54, 1.807) is 0 Å². The molecule has 0 saturated heterocycles. The number of hydrogen-bond donors (Lipinski definition) is 1. The van der Waals surface area contributed by atoms with Gasteiger partial charge >= 0.3 is 5.97 Å². The predicted octanol–water partition coefficient (Wildman–Crippen LogP) is 1.26. The minimum atomic E-state index is -0.973. The summed E-state index contributed by atoms with van der Waals surface area (Å²) in [5.41, 5.74) is 1.61. The molecule has 1 aliphatic rings. The molecular formula is C10H9NO3. The van der Waals surface area contributed by atoms with E-state index >= 15 is 0 Å². The molecule has 1 aliphatic heterocycles. The van der Waals surface area contributed by atoms with Gasteiger partial charge in [0.15, 0.2) is 0 Å². The quantitative estimate of drug-likeness (QED) is 0.765. The predicted molar refractivity (Wildman–Crippen MR) is 50.1 cm³/mol. The van der Waals surface area contributed by atoms with Gasteiger partial charge in [0.1, 0.15) is 0 Å². The standard InChI is InChI=1S/C10H9NO3/c12-10(13)9-6-8(11-14-9)7-4-2-1-3-5-7/h1-5,9H,6H2,(H,12,13)/t9-/m1/s1. The Hall–Kier alpha value is -1.84. The van der Waals surface area contributed by atoms with Gasteiger partial charge in [0.25, 0.3) is 0 Å². The summed E-state index contributed by atoms with van der Waals surface area (Å²) in [7, 11) is 0.